The van der Waals surface area contributed by atoms with Crippen LogP contribution in [0, 0.1) is 13.8 Å². The van der Waals surface area contributed by atoms with Crippen LogP contribution < -0.4 is 5.32 Å². The number of amides is 1. The predicted molar refractivity (Wildman–Crippen MR) is 122 cm³/mol. The van der Waals surface area contributed by atoms with E-state index in [1.165, 1.54) is 22.5 Å². The Morgan fingerprint density at radius 2 is 1.73 bits per heavy atom. The van der Waals surface area contributed by atoms with E-state index in [4.69, 9.17) is 0 Å². The lowest BCUT2D eigenvalue weighted by atomic mass is 10.0. The average Bonchev–Trinajstić information content (AvgIpc) is 3.12. The van der Waals surface area contributed by atoms with Crippen LogP contribution in [0.4, 0.5) is 0 Å². The molecule has 6 heteroatoms. The zero-order chi connectivity index (χ0) is 21.1. The van der Waals surface area contributed by atoms with E-state index in [-0.39, 0.29) is 17.7 Å². The second kappa shape index (κ2) is 8.71. The van der Waals surface area contributed by atoms with E-state index in [0.717, 1.165) is 27.8 Å². The first-order valence-electron chi connectivity index (χ1n) is 9.92. The summed E-state index contributed by atoms with van der Waals surface area (Å²) >= 11 is 1.40. The van der Waals surface area contributed by atoms with Crippen LogP contribution in [-0.4, -0.2) is 26.4 Å². The molecule has 4 rings (SSSR count). The highest BCUT2D eigenvalue weighted by Crippen LogP contribution is 2.24. The van der Waals surface area contributed by atoms with Crippen LogP contribution in [0.1, 0.15) is 29.9 Å². The number of benzene rings is 3. The molecule has 1 unspecified atom stereocenters. The lowest BCUT2D eigenvalue weighted by Crippen LogP contribution is -2.28. The number of fused-ring (bicyclic) bond motifs is 1. The third kappa shape index (κ3) is 4.24. The number of para-hydroxylation sites is 1. The molecule has 0 aliphatic heterocycles. The second-order valence-corrected chi connectivity index (χ2v) is 8.28. The highest BCUT2D eigenvalue weighted by Gasteiger charge is 2.16. The maximum absolute atomic E-state index is 12.6. The first-order valence-corrected chi connectivity index (χ1v) is 10.9. The molecule has 0 saturated heterocycles. The van der Waals surface area contributed by atoms with Crippen molar-refractivity contribution >= 4 is 28.4 Å². The largest absolute Gasteiger partial charge is 0.349 e. The van der Waals surface area contributed by atoms with Gasteiger partial charge in [-0.05, 0) is 54.8 Å². The first kappa shape index (κ1) is 20.2. The zero-order valence-corrected chi connectivity index (χ0v) is 18.1. The van der Waals surface area contributed by atoms with Gasteiger partial charge in [-0.15, -0.1) is 10.2 Å². The van der Waals surface area contributed by atoms with E-state index >= 15 is 0 Å². The Morgan fingerprint density at radius 3 is 2.53 bits per heavy atom. The van der Waals surface area contributed by atoms with Gasteiger partial charge in [-0.2, -0.15) is 0 Å². The van der Waals surface area contributed by atoms with Gasteiger partial charge in [-0.3, -0.25) is 9.36 Å². The molecule has 1 N–H and O–H groups in total. The van der Waals surface area contributed by atoms with Crippen molar-refractivity contribution in [2.45, 2.75) is 32.0 Å². The van der Waals surface area contributed by atoms with Crippen molar-refractivity contribution in [3.05, 3.63) is 83.7 Å². The lowest BCUT2D eigenvalue weighted by molar-refractivity contribution is -0.119. The summed E-state index contributed by atoms with van der Waals surface area (Å²) in [5.74, 6) is 1.05. The van der Waals surface area contributed by atoms with E-state index in [0.29, 0.717) is 0 Å². The molecule has 0 fully saturated rings. The van der Waals surface area contributed by atoms with Crippen LogP contribution >= 0.6 is 11.8 Å². The number of carbonyl (C=O) groups is 1. The number of aromatic nitrogens is 3. The fourth-order valence-corrected chi connectivity index (χ4v) is 4.30. The van der Waals surface area contributed by atoms with Gasteiger partial charge < -0.3 is 5.32 Å². The van der Waals surface area contributed by atoms with Gasteiger partial charge in [-0.25, -0.2) is 0 Å². The summed E-state index contributed by atoms with van der Waals surface area (Å²) in [4.78, 5) is 12.6. The molecule has 1 atom stereocenters. The summed E-state index contributed by atoms with van der Waals surface area (Å²) in [5.41, 5.74) is 3.26. The molecule has 1 amide bonds. The molecular weight excluding hydrogens is 392 g/mol. The monoisotopic (exact) mass is 416 g/mol. The average molecular weight is 417 g/mol. The molecule has 5 nitrogen and oxygen atoms in total. The molecule has 0 aliphatic carbocycles. The normalized spacial score (nSPS) is 12.1. The smallest absolute Gasteiger partial charge is 0.230 e. The quantitative estimate of drug-likeness (QED) is 0.449. The number of rotatable bonds is 6. The van der Waals surface area contributed by atoms with Gasteiger partial charge in [0.2, 0.25) is 5.91 Å². The molecule has 3 aromatic carbocycles. The van der Waals surface area contributed by atoms with Crippen LogP contribution in [0.25, 0.3) is 16.5 Å². The molecule has 0 radical (unpaired) electrons. The number of nitrogens with one attached hydrogen (secondary N) is 1. The van der Waals surface area contributed by atoms with E-state index in [1.807, 2.05) is 48.7 Å². The van der Waals surface area contributed by atoms with Crippen LogP contribution in [0.5, 0.6) is 0 Å². The Labute approximate surface area is 180 Å². The number of nitrogens with zero attached hydrogens (tertiary/aromatic N) is 3. The van der Waals surface area contributed by atoms with Gasteiger partial charge in [0.1, 0.15) is 5.82 Å². The van der Waals surface area contributed by atoms with E-state index < -0.39 is 0 Å². The molecule has 152 valence electrons. The molecule has 0 saturated carbocycles. The maximum Gasteiger partial charge on any atom is 0.230 e. The van der Waals surface area contributed by atoms with Gasteiger partial charge in [0, 0.05) is 0 Å². The van der Waals surface area contributed by atoms with Crippen molar-refractivity contribution < 1.29 is 4.79 Å². The minimum absolute atomic E-state index is 0.0300. The van der Waals surface area contributed by atoms with Crippen LogP contribution in [0.2, 0.25) is 0 Å². The number of hydrogen-bond acceptors (Lipinski definition) is 4. The summed E-state index contributed by atoms with van der Waals surface area (Å²) in [5, 5.41) is 14.7. The van der Waals surface area contributed by atoms with Crippen LogP contribution in [0.3, 0.4) is 0 Å². The molecular formula is C24H24N4OS. The number of aryl methyl sites for hydroxylation is 2. The Hall–Kier alpha value is -3.12. The van der Waals surface area contributed by atoms with Gasteiger partial charge in [0.05, 0.1) is 17.5 Å². The summed E-state index contributed by atoms with van der Waals surface area (Å²) in [6.07, 6.45) is 0. The van der Waals surface area contributed by atoms with E-state index in [2.05, 4.69) is 58.8 Å². The van der Waals surface area contributed by atoms with Crippen molar-refractivity contribution in [2.75, 3.05) is 5.75 Å². The molecule has 0 spiro atoms. The van der Waals surface area contributed by atoms with Gasteiger partial charge in [-0.1, -0.05) is 66.4 Å². The van der Waals surface area contributed by atoms with E-state index in [9.17, 15) is 4.79 Å². The van der Waals surface area contributed by atoms with Crippen molar-refractivity contribution in [3.63, 3.8) is 0 Å². The molecule has 30 heavy (non-hydrogen) atoms. The minimum atomic E-state index is -0.0707. The van der Waals surface area contributed by atoms with Crippen LogP contribution in [0.15, 0.2) is 71.9 Å². The standard InChI is InChI=1S/C24H24N4OS/c1-16-8-4-7-11-22(16)28-18(3)26-27-24(28)30-15-23(29)25-17(2)20-13-12-19-9-5-6-10-21(19)14-20/h4-14,17H,15H2,1-3H3,(H,25,29). The first-order chi connectivity index (χ1) is 14.5. The molecule has 4 aromatic rings. The van der Waals surface area contributed by atoms with E-state index in [1.54, 1.807) is 0 Å². The number of thioether (sulfide) groups is 1. The van der Waals surface area contributed by atoms with Crippen molar-refractivity contribution in [2.24, 2.45) is 0 Å². The van der Waals surface area contributed by atoms with Gasteiger partial charge in [0.25, 0.3) is 0 Å². The van der Waals surface area contributed by atoms with Crippen LogP contribution in [-0.2, 0) is 4.79 Å². The number of carbonyl (C=O) groups excluding carboxylic acids is 1. The van der Waals surface area contributed by atoms with Crippen molar-refractivity contribution in [3.8, 4) is 5.69 Å². The Kier molecular flexibility index (Phi) is 5.86. The second-order valence-electron chi connectivity index (χ2n) is 7.34. The molecule has 1 heterocycles. The third-order valence-corrected chi connectivity index (χ3v) is 6.06. The lowest BCUT2D eigenvalue weighted by Gasteiger charge is -2.15. The number of hydrogen-bond donors (Lipinski definition) is 1. The van der Waals surface area contributed by atoms with Gasteiger partial charge in [0.15, 0.2) is 5.16 Å². The Balaban J connectivity index is 1.43. The fraction of sp³-hybridized carbons (Fsp3) is 0.208. The molecule has 0 aliphatic rings. The minimum Gasteiger partial charge on any atom is -0.349 e. The summed E-state index contributed by atoms with van der Waals surface area (Å²) < 4.78 is 2.00. The highest BCUT2D eigenvalue weighted by molar-refractivity contribution is 7.99. The summed E-state index contributed by atoms with van der Waals surface area (Å²) in [7, 11) is 0. The van der Waals surface area contributed by atoms with Crippen molar-refractivity contribution in [1.82, 2.24) is 20.1 Å². The summed E-state index contributed by atoms with van der Waals surface area (Å²) in [6, 6.07) is 22.5. The Morgan fingerprint density at radius 1 is 1.00 bits per heavy atom. The topological polar surface area (TPSA) is 59.8 Å². The highest BCUT2D eigenvalue weighted by atomic mass is 32.2. The van der Waals surface area contributed by atoms with Crippen molar-refractivity contribution in [1.29, 1.82) is 0 Å². The fourth-order valence-electron chi connectivity index (χ4n) is 3.50. The Bertz CT molecular complexity index is 1200. The zero-order valence-electron chi connectivity index (χ0n) is 17.3. The third-order valence-electron chi connectivity index (χ3n) is 5.13. The predicted octanol–water partition coefficient (Wildman–Crippen LogP) is 5.01. The van der Waals surface area contributed by atoms with Gasteiger partial charge >= 0.3 is 0 Å². The maximum atomic E-state index is 12.6. The SMILES string of the molecule is Cc1ccccc1-n1c(C)nnc1SCC(=O)NC(C)c1ccc2ccccc2c1. The summed E-state index contributed by atoms with van der Waals surface area (Å²) in [6.45, 7) is 5.99. The molecule has 1 aromatic heterocycles. The molecule has 0 bridgehead atoms.